The van der Waals surface area contributed by atoms with E-state index in [0.29, 0.717) is 12.2 Å². The quantitative estimate of drug-likeness (QED) is 0.410. The third-order valence-corrected chi connectivity index (χ3v) is 2.76. The maximum Gasteiger partial charge on any atom is 0.0845 e. The van der Waals surface area contributed by atoms with Crippen LogP contribution in [0.15, 0.2) is 24.3 Å². The van der Waals surface area contributed by atoms with E-state index in [0.717, 1.165) is 0 Å². The molecule has 0 spiro atoms. The van der Waals surface area contributed by atoms with Gasteiger partial charge in [0.2, 0.25) is 0 Å². The molecule has 1 nitrogen and oxygen atoms in total. The zero-order valence-corrected chi connectivity index (χ0v) is 8.11. The Labute approximate surface area is 80.5 Å². The maximum atomic E-state index is 5.56. The van der Waals surface area contributed by atoms with E-state index in [2.05, 4.69) is 24.3 Å². The summed E-state index contributed by atoms with van der Waals surface area (Å²) in [4.78, 5) is 0. The Bertz CT molecular complexity index is 183. The largest absolute Gasteiger partial charge is 0.370 e. The van der Waals surface area contributed by atoms with Gasteiger partial charge in [0.05, 0.1) is 12.2 Å². The molecule has 13 heavy (non-hydrogen) atoms. The fraction of sp³-hybridized carbons (Fsp3) is 0.667. The topological polar surface area (TPSA) is 12.5 Å². The molecule has 0 bridgehead atoms. The van der Waals surface area contributed by atoms with Crippen LogP contribution in [0.2, 0.25) is 0 Å². The van der Waals surface area contributed by atoms with Gasteiger partial charge in [0.1, 0.15) is 0 Å². The van der Waals surface area contributed by atoms with E-state index in [1.807, 2.05) is 0 Å². The van der Waals surface area contributed by atoms with E-state index in [4.69, 9.17) is 4.74 Å². The molecule has 1 fully saturated rings. The highest BCUT2D eigenvalue weighted by atomic mass is 16.6. The molecule has 0 aromatic heterocycles. The molecule has 2 rings (SSSR count). The molecule has 0 radical (unpaired) electrons. The van der Waals surface area contributed by atoms with Crippen molar-refractivity contribution in [3.63, 3.8) is 0 Å². The Morgan fingerprint density at radius 3 is 1.69 bits per heavy atom. The van der Waals surface area contributed by atoms with Gasteiger partial charge in [-0.05, 0) is 38.5 Å². The summed E-state index contributed by atoms with van der Waals surface area (Å²) >= 11 is 0. The molecular weight excluding hydrogens is 160 g/mol. The standard InChI is InChI=1S/C12H18O/c1-2-4-6-8-10-12-11(13-12)9-7-5-3-1/h3-6,11-12H,1-2,7-10H2/b5-3-,6-4?/t11-,12-/m1/s1. The first-order chi connectivity index (χ1) is 6.47. The van der Waals surface area contributed by atoms with Gasteiger partial charge in [-0.3, -0.25) is 0 Å². The molecule has 1 saturated heterocycles. The molecule has 1 aliphatic heterocycles. The van der Waals surface area contributed by atoms with Crippen LogP contribution in [0.25, 0.3) is 0 Å². The molecule has 0 aromatic carbocycles. The summed E-state index contributed by atoms with van der Waals surface area (Å²) < 4.78 is 5.56. The van der Waals surface area contributed by atoms with Crippen molar-refractivity contribution in [2.24, 2.45) is 0 Å². The first-order valence-corrected chi connectivity index (χ1v) is 5.42. The van der Waals surface area contributed by atoms with Crippen LogP contribution in [0, 0.1) is 0 Å². The highest BCUT2D eigenvalue weighted by Crippen LogP contribution is 2.30. The van der Waals surface area contributed by atoms with E-state index in [-0.39, 0.29) is 0 Å². The average molecular weight is 178 g/mol. The Balaban J connectivity index is 1.80. The first kappa shape index (κ1) is 9.01. The summed E-state index contributed by atoms with van der Waals surface area (Å²) in [7, 11) is 0. The predicted octanol–water partition coefficient (Wildman–Crippen LogP) is 3.22. The molecule has 0 N–H and O–H groups in total. The number of rotatable bonds is 0. The molecule has 1 heteroatoms. The Hall–Kier alpha value is -0.560. The molecular formula is C12H18O. The van der Waals surface area contributed by atoms with Crippen molar-refractivity contribution in [1.29, 1.82) is 0 Å². The lowest BCUT2D eigenvalue weighted by molar-refractivity contribution is 0.357. The van der Waals surface area contributed by atoms with Crippen LogP contribution < -0.4 is 0 Å². The van der Waals surface area contributed by atoms with Crippen molar-refractivity contribution < 1.29 is 4.74 Å². The highest BCUT2D eigenvalue weighted by Gasteiger charge is 2.36. The molecule has 0 amide bonds. The van der Waals surface area contributed by atoms with Crippen molar-refractivity contribution in [3.8, 4) is 0 Å². The van der Waals surface area contributed by atoms with Crippen molar-refractivity contribution in [2.75, 3.05) is 0 Å². The minimum atomic E-state index is 0.581. The SMILES string of the molecule is C1=CCC[C@H]2O[C@@H]2CC/C=C\CC1. The number of ether oxygens (including phenoxy) is 1. The minimum Gasteiger partial charge on any atom is -0.370 e. The van der Waals surface area contributed by atoms with E-state index < -0.39 is 0 Å². The van der Waals surface area contributed by atoms with Crippen LogP contribution in [0.3, 0.4) is 0 Å². The van der Waals surface area contributed by atoms with Gasteiger partial charge < -0.3 is 4.74 Å². The lowest BCUT2D eigenvalue weighted by atomic mass is 10.1. The second-order valence-electron chi connectivity index (χ2n) is 3.89. The second-order valence-corrected chi connectivity index (χ2v) is 3.89. The van der Waals surface area contributed by atoms with Gasteiger partial charge >= 0.3 is 0 Å². The maximum absolute atomic E-state index is 5.56. The molecule has 0 aromatic rings. The summed E-state index contributed by atoms with van der Waals surface area (Å²) in [6.07, 6.45) is 17.6. The number of fused-ring (bicyclic) bond motifs is 1. The first-order valence-electron chi connectivity index (χ1n) is 5.42. The molecule has 2 atom stereocenters. The van der Waals surface area contributed by atoms with Gasteiger partial charge in [0.15, 0.2) is 0 Å². The van der Waals surface area contributed by atoms with E-state index in [1.54, 1.807) is 0 Å². The van der Waals surface area contributed by atoms with Crippen molar-refractivity contribution in [1.82, 2.24) is 0 Å². The van der Waals surface area contributed by atoms with Crippen molar-refractivity contribution in [2.45, 2.75) is 50.7 Å². The lowest BCUT2D eigenvalue weighted by Gasteiger charge is -1.94. The number of allylic oxidation sites excluding steroid dienone is 4. The van der Waals surface area contributed by atoms with E-state index >= 15 is 0 Å². The van der Waals surface area contributed by atoms with Crippen molar-refractivity contribution >= 4 is 0 Å². The van der Waals surface area contributed by atoms with Gasteiger partial charge in [-0.2, -0.15) is 0 Å². The van der Waals surface area contributed by atoms with Crippen LogP contribution in [-0.2, 0) is 4.74 Å². The summed E-state index contributed by atoms with van der Waals surface area (Å²) in [6, 6.07) is 0. The predicted molar refractivity (Wildman–Crippen MR) is 54.6 cm³/mol. The van der Waals surface area contributed by atoms with Gasteiger partial charge in [-0.25, -0.2) is 0 Å². The smallest absolute Gasteiger partial charge is 0.0845 e. The zero-order valence-electron chi connectivity index (χ0n) is 8.11. The summed E-state index contributed by atoms with van der Waals surface area (Å²) in [5, 5.41) is 0. The Kier molecular flexibility index (Phi) is 3.20. The average Bonchev–Trinajstić information content (AvgIpc) is 2.83. The third kappa shape index (κ3) is 3.00. The normalized spacial score (nSPS) is 36.9. The van der Waals surface area contributed by atoms with Gasteiger partial charge in [-0.15, -0.1) is 0 Å². The fourth-order valence-corrected chi connectivity index (χ4v) is 1.87. The van der Waals surface area contributed by atoms with Gasteiger partial charge in [-0.1, -0.05) is 24.3 Å². The van der Waals surface area contributed by atoms with Crippen LogP contribution in [0.5, 0.6) is 0 Å². The number of hydrogen-bond acceptors (Lipinski definition) is 1. The van der Waals surface area contributed by atoms with E-state index in [9.17, 15) is 0 Å². The highest BCUT2D eigenvalue weighted by molar-refractivity contribution is 4.94. The van der Waals surface area contributed by atoms with Gasteiger partial charge in [0, 0.05) is 0 Å². The van der Waals surface area contributed by atoms with E-state index in [1.165, 1.54) is 38.5 Å². The number of hydrogen-bond donors (Lipinski definition) is 0. The Morgan fingerprint density at radius 1 is 0.692 bits per heavy atom. The molecule has 2 aliphatic rings. The molecule has 1 aliphatic carbocycles. The van der Waals surface area contributed by atoms with Crippen LogP contribution in [0.1, 0.15) is 38.5 Å². The van der Waals surface area contributed by atoms with Crippen molar-refractivity contribution in [3.05, 3.63) is 24.3 Å². The zero-order chi connectivity index (χ0) is 8.93. The molecule has 72 valence electrons. The van der Waals surface area contributed by atoms with Crippen LogP contribution >= 0.6 is 0 Å². The monoisotopic (exact) mass is 178 g/mol. The Morgan fingerprint density at radius 2 is 1.15 bits per heavy atom. The minimum absolute atomic E-state index is 0.581. The van der Waals surface area contributed by atoms with Crippen LogP contribution in [-0.4, -0.2) is 12.2 Å². The third-order valence-electron chi connectivity index (χ3n) is 2.76. The van der Waals surface area contributed by atoms with Crippen LogP contribution in [0.4, 0.5) is 0 Å². The van der Waals surface area contributed by atoms with Gasteiger partial charge in [0.25, 0.3) is 0 Å². The second kappa shape index (κ2) is 4.61. The molecule has 0 unspecified atom stereocenters. The molecule has 1 heterocycles. The summed E-state index contributed by atoms with van der Waals surface area (Å²) in [5.74, 6) is 0. The number of epoxide rings is 1. The lowest BCUT2D eigenvalue weighted by Crippen LogP contribution is -1.93. The fourth-order valence-electron chi connectivity index (χ4n) is 1.87. The molecule has 0 saturated carbocycles. The summed E-state index contributed by atoms with van der Waals surface area (Å²) in [6.45, 7) is 0. The summed E-state index contributed by atoms with van der Waals surface area (Å²) in [5.41, 5.74) is 0.